The first-order valence-corrected chi connectivity index (χ1v) is 7.72. The zero-order valence-electron chi connectivity index (χ0n) is 14.1. The van der Waals surface area contributed by atoms with Crippen LogP contribution >= 0.6 is 0 Å². The lowest BCUT2D eigenvalue weighted by atomic mass is 9.63. The molecular weight excluding hydrogens is 268 g/mol. The van der Waals surface area contributed by atoms with Crippen LogP contribution in [0.25, 0.3) is 0 Å². The predicted octanol–water partition coefficient (Wildman–Crippen LogP) is 3.00. The van der Waals surface area contributed by atoms with Crippen molar-refractivity contribution in [3.8, 4) is 0 Å². The van der Waals surface area contributed by atoms with Gasteiger partial charge in [0, 0.05) is 6.04 Å². The number of aliphatic carboxylic acids is 1. The molecule has 0 aromatic heterocycles. The molecule has 5 heteroatoms. The van der Waals surface area contributed by atoms with Crippen molar-refractivity contribution in [1.29, 1.82) is 0 Å². The summed E-state index contributed by atoms with van der Waals surface area (Å²) in [4.78, 5) is 23.2. The van der Waals surface area contributed by atoms with Crippen LogP contribution in [0.3, 0.4) is 0 Å². The predicted molar refractivity (Wildman–Crippen MR) is 83.1 cm³/mol. The summed E-state index contributed by atoms with van der Waals surface area (Å²) in [7, 11) is 0. The normalized spacial score (nSPS) is 22.6. The van der Waals surface area contributed by atoms with E-state index >= 15 is 0 Å². The Hall–Kier alpha value is -1.26. The Balaban J connectivity index is 2.64. The molecule has 2 amide bonds. The molecule has 0 radical (unpaired) electrons. The van der Waals surface area contributed by atoms with Crippen molar-refractivity contribution >= 4 is 12.0 Å². The van der Waals surface area contributed by atoms with Crippen molar-refractivity contribution in [3.63, 3.8) is 0 Å². The summed E-state index contributed by atoms with van der Waals surface area (Å²) >= 11 is 0. The molecule has 0 saturated heterocycles. The molecule has 3 N–H and O–H groups in total. The van der Waals surface area contributed by atoms with Gasteiger partial charge in [-0.3, -0.25) is 0 Å². The highest BCUT2D eigenvalue weighted by atomic mass is 16.4. The van der Waals surface area contributed by atoms with Gasteiger partial charge in [-0.25, -0.2) is 9.59 Å². The van der Waals surface area contributed by atoms with E-state index in [0.717, 1.165) is 19.3 Å². The summed E-state index contributed by atoms with van der Waals surface area (Å²) in [5.41, 5.74) is 0.369. The molecule has 0 aromatic rings. The molecule has 5 nitrogen and oxygen atoms in total. The third-order valence-corrected chi connectivity index (χ3v) is 4.11. The second-order valence-corrected chi connectivity index (χ2v) is 8.29. The molecule has 0 spiro atoms. The summed E-state index contributed by atoms with van der Waals surface area (Å²) in [5, 5.41) is 14.6. The molecular formula is C16H30N2O3. The van der Waals surface area contributed by atoms with Crippen LogP contribution in [0.1, 0.15) is 60.8 Å². The Morgan fingerprint density at radius 3 is 1.95 bits per heavy atom. The molecule has 1 aliphatic carbocycles. The van der Waals surface area contributed by atoms with E-state index in [0.29, 0.717) is 0 Å². The van der Waals surface area contributed by atoms with E-state index in [1.54, 1.807) is 13.8 Å². The highest BCUT2D eigenvalue weighted by Gasteiger charge is 2.39. The van der Waals surface area contributed by atoms with Crippen LogP contribution in [-0.4, -0.2) is 29.2 Å². The van der Waals surface area contributed by atoms with Crippen molar-refractivity contribution < 1.29 is 14.7 Å². The smallest absolute Gasteiger partial charge is 0.326 e. The van der Waals surface area contributed by atoms with Gasteiger partial charge in [0.05, 0.1) is 0 Å². The maximum absolute atomic E-state index is 12.1. The number of carboxylic acid groups (broad SMARTS) is 1. The van der Waals surface area contributed by atoms with Gasteiger partial charge in [-0.1, -0.05) is 41.5 Å². The Morgan fingerprint density at radius 2 is 1.57 bits per heavy atom. The number of hydrogen-bond donors (Lipinski definition) is 3. The highest BCUT2D eigenvalue weighted by molar-refractivity contribution is 5.82. The molecule has 1 fully saturated rings. The van der Waals surface area contributed by atoms with E-state index in [1.165, 1.54) is 0 Å². The SMILES string of the molecule is CC(C)[C@H](NC(=O)NC1CC(C)(C)CC(C)(C)C1)C(=O)O. The van der Waals surface area contributed by atoms with Gasteiger partial charge in [-0.15, -0.1) is 0 Å². The number of carboxylic acids is 1. The number of nitrogens with one attached hydrogen (secondary N) is 2. The number of hydrogen-bond acceptors (Lipinski definition) is 2. The molecule has 0 unspecified atom stereocenters. The van der Waals surface area contributed by atoms with Gasteiger partial charge in [-0.05, 0) is 36.0 Å². The summed E-state index contributed by atoms with van der Waals surface area (Å²) in [6.07, 6.45) is 2.97. The van der Waals surface area contributed by atoms with E-state index in [2.05, 4.69) is 38.3 Å². The van der Waals surface area contributed by atoms with E-state index in [1.807, 2.05) is 0 Å². The fourth-order valence-corrected chi connectivity index (χ4v) is 3.83. The second kappa shape index (κ2) is 6.24. The standard InChI is InChI=1S/C16H30N2O3/c1-10(2)12(13(19)20)18-14(21)17-11-7-15(3,4)9-16(5,6)8-11/h10-12H,7-9H2,1-6H3,(H,19,20)(H2,17,18,21)/t12-/m0/s1. The van der Waals surface area contributed by atoms with Crippen LogP contribution in [0.5, 0.6) is 0 Å². The largest absolute Gasteiger partial charge is 0.480 e. The minimum Gasteiger partial charge on any atom is -0.480 e. The summed E-state index contributed by atoms with van der Waals surface area (Å²) < 4.78 is 0. The number of carbonyl (C=O) groups is 2. The topological polar surface area (TPSA) is 78.4 Å². The number of rotatable bonds is 4. The van der Waals surface area contributed by atoms with Gasteiger partial charge in [-0.2, -0.15) is 0 Å². The van der Waals surface area contributed by atoms with Crippen LogP contribution in [0.4, 0.5) is 4.79 Å². The van der Waals surface area contributed by atoms with Gasteiger partial charge in [0.2, 0.25) is 0 Å². The third-order valence-electron chi connectivity index (χ3n) is 4.11. The monoisotopic (exact) mass is 298 g/mol. The number of urea groups is 1. The lowest BCUT2D eigenvalue weighted by molar-refractivity contribution is -0.140. The van der Waals surface area contributed by atoms with Gasteiger partial charge >= 0.3 is 12.0 Å². The van der Waals surface area contributed by atoms with Crippen LogP contribution in [0.2, 0.25) is 0 Å². The number of amides is 2. The zero-order valence-corrected chi connectivity index (χ0v) is 14.1. The summed E-state index contributed by atoms with van der Waals surface area (Å²) in [6, 6.07) is -1.14. The van der Waals surface area contributed by atoms with Crippen LogP contribution in [0, 0.1) is 16.7 Å². The average molecular weight is 298 g/mol. The van der Waals surface area contributed by atoms with E-state index in [4.69, 9.17) is 5.11 Å². The van der Waals surface area contributed by atoms with E-state index in [9.17, 15) is 9.59 Å². The minimum atomic E-state index is -0.996. The Morgan fingerprint density at radius 1 is 1.10 bits per heavy atom. The second-order valence-electron chi connectivity index (χ2n) is 8.29. The molecule has 1 rings (SSSR count). The molecule has 0 aromatic carbocycles. The molecule has 0 heterocycles. The summed E-state index contributed by atoms with van der Waals surface area (Å²) in [5.74, 6) is -1.14. The van der Waals surface area contributed by atoms with Crippen molar-refractivity contribution in [2.24, 2.45) is 16.7 Å². The summed E-state index contributed by atoms with van der Waals surface area (Å²) in [6.45, 7) is 12.4. The molecule has 1 atom stereocenters. The molecule has 1 aliphatic rings. The zero-order chi connectivity index (χ0) is 16.4. The van der Waals surface area contributed by atoms with Crippen molar-refractivity contribution in [2.75, 3.05) is 0 Å². The molecule has 1 saturated carbocycles. The highest BCUT2D eigenvalue weighted by Crippen LogP contribution is 2.45. The van der Waals surface area contributed by atoms with Gasteiger partial charge in [0.1, 0.15) is 6.04 Å². The maximum atomic E-state index is 12.1. The van der Waals surface area contributed by atoms with Crippen molar-refractivity contribution in [2.45, 2.75) is 72.9 Å². The molecule has 21 heavy (non-hydrogen) atoms. The Kier molecular flexibility index (Phi) is 5.29. The van der Waals surface area contributed by atoms with Crippen LogP contribution < -0.4 is 10.6 Å². The molecule has 0 aliphatic heterocycles. The maximum Gasteiger partial charge on any atom is 0.326 e. The fraction of sp³-hybridized carbons (Fsp3) is 0.875. The lowest BCUT2D eigenvalue weighted by Gasteiger charge is -2.45. The quantitative estimate of drug-likeness (QED) is 0.746. The Bertz CT molecular complexity index is 386. The average Bonchev–Trinajstić information content (AvgIpc) is 2.19. The van der Waals surface area contributed by atoms with E-state index < -0.39 is 12.0 Å². The minimum absolute atomic E-state index is 0.0883. The first kappa shape index (κ1) is 17.8. The molecule has 0 bridgehead atoms. The number of carbonyl (C=O) groups excluding carboxylic acids is 1. The van der Waals surface area contributed by atoms with Crippen molar-refractivity contribution in [3.05, 3.63) is 0 Å². The van der Waals surface area contributed by atoms with Crippen LogP contribution in [0.15, 0.2) is 0 Å². The fourth-order valence-electron chi connectivity index (χ4n) is 3.83. The van der Waals surface area contributed by atoms with Crippen LogP contribution in [-0.2, 0) is 4.79 Å². The third kappa shape index (κ3) is 5.56. The van der Waals surface area contributed by atoms with Gasteiger partial charge in [0.15, 0.2) is 0 Å². The van der Waals surface area contributed by atoms with E-state index in [-0.39, 0.29) is 28.8 Å². The Labute approximate surface area is 127 Å². The van der Waals surface area contributed by atoms with Gasteiger partial charge < -0.3 is 15.7 Å². The first-order valence-electron chi connectivity index (χ1n) is 7.72. The first-order chi connectivity index (χ1) is 9.42. The molecule has 122 valence electrons. The van der Waals surface area contributed by atoms with Gasteiger partial charge in [0.25, 0.3) is 0 Å². The lowest BCUT2D eigenvalue weighted by Crippen LogP contribution is -2.53. The van der Waals surface area contributed by atoms with Crippen molar-refractivity contribution in [1.82, 2.24) is 10.6 Å².